The van der Waals surface area contributed by atoms with Gasteiger partial charge in [0.25, 0.3) is 0 Å². The summed E-state index contributed by atoms with van der Waals surface area (Å²) in [5.74, 6) is 0. The van der Waals surface area contributed by atoms with Crippen LogP contribution in [0.2, 0.25) is 0 Å². The Morgan fingerprint density at radius 1 is 1.30 bits per heavy atom. The molecular weight excluding hydrogens is 276 g/mol. The lowest BCUT2D eigenvalue weighted by Crippen LogP contribution is -2.37. The van der Waals surface area contributed by atoms with E-state index in [0.29, 0.717) is 19.6 Å². The maximum absolute atomic E-state index is 12.6. The highest BCUT2D eigenvalue weighted by Gasteiger charge is 2.26. The van der Waals surface area contributed by atoms with E-state index in [9.17, 15) is 8.42 Å². The molecule has 0 saturated carbocycles. The van der Waals surface area contributed by atoms with Crippen molar-refractivity contribution >= 4 is 10.0 Å². The number of pyridine rings is 1. The first-order valence-electron chi connectivity index (χ1n) is 6.43. The van der Waals surface area contributed by atoms with Crippen LogP contribution in [0.1, 0.15) is 19.0 Å². The number of sulfonamides is 1. The van der Waals surface area contributed by atoms with E-state index >= 15 is 0 Å². The van der Waals surface area contributed by atoms with E-state index in [1.54, 1.807) is 0 Å². The minimum atomic E-state index is -3.68. The van der Waals surface area contributed by atoms with E-state index in [1.165, 1.54) is 22.6 Å². The summed E-state index contributed by atoms with van der Waals surface area (Å²) in [5, 5.41) is 9.01. The van der Waals surface area contributed by atoms with Gasteiger partial charge in [-0.15, -0.1) is 0 Å². The minimum absolute atomic E-state index is 0.0188. The Bertz CT molecular complexity index is 578. The summed E-state index contributed by atoms with van der Waals surface area (Å²) in [6, 6.07) is 4.80. The standard InChI is InChI=1S/C13H20N4O2S/c1-4-8-17(10-9-16(2)3)20(18,19)13-6-5-7-15-12(13)11-14/h5-7H,4,8-10H2,1-3H3. The number of rotatable bonds is 7. The number of hydrogen-bond donors (Lipinski definition) is 0. The molecule has 6 nitrogen and oxygen atoms in total. The van der Waals surface area contributed by atoms with Crippen LogP contribution in [-0.2, 0) is 10.0 Å². The number of likely N-dealkylation sites (N-methyl/N-ethyl adjacent to an activating group) is 1. The summed E-state index contributed by atoms with van der Waals surface area (Å²) in [6.07, 6.45) is 2.14. The minimum Gasteiger partial charge on any atom is -0.308 e. The molecule has 0 saturated heterocycles. The lowest BCUT2D eigenvalue weighted by Gasteiger charge is -2.23. The van der Waals surface area contributed by atoms with Crippen LogP contribution in [-0.4, -0.2) is 56.3 Å². The lowest BCUT2D eigenvalue weighted by atomic mass is 10.4. The van der Waals surface area contributed by atoms with Crippen molar-refractivity contribution in [3.63, 3.8) is 0 Å². The molecule has 0 amide bonds. The molecule has 0 bridgehead atoms. The Hall–Kier alpha value is -1.49. The summed E-state index contributed by atoms with van der Waals surface area (Å²) >= 11 is 0. The molecule has 0 aliphatic rings. The van der Waals surface area contributed by atoms with Crippen LogP contribution in [0.4, 0.5) is 0 Å². The average Bonchev–Trinajstić information content (AvgIpc) is 2.42. The van der Waals surface area contributed by atoms with Gasteiger partial charge in [0.05, 0.1) is 0 Å². The molecule has 110 valence electrons. The van der Waals surface area contributed by atoms with Gasteiger partial charge in [-0.1, -0.05) is 6.92 Å². The SMILES string of the molecule is CCCN(CCN(C)C)S(=O)(=O)c1cccnc1C#N. The van der Waals surface area contributed by atoms with Gasteiger partial charge >= 0.3 is 0 Å². The van der Waals surface area contributed by atoms with Gasteiger partial charge in [0.2, 0.25) is 10.0 Å². The van der Waals surface area contributed by atoms with E-state index in [4.69, 9.17) is 5.26 Å². The Kier molecular flexibility index (Phi) is 6.07. The summed E-state index contributed by atoms with van der Waals surface area (Å²) in [5.41, 5.74) is -0.0570. The Morgan fingerprint density at radius 3 is 2.55 bits per heavy atom. The van der Waals surface area contributed by atoms with Crippen molar-refractivity contribution in [2.75, 3.05) is 33.7 Å². The van der Waals surface area contributed by atoms with E-state index in [1.807, 2.05) is 32.0 Å². The first-order valence-corrected chi connectivity index (χ1v) is 7.87. The van der Waals surface area contributed by atoms with Crippen LogP contribution < -0.4 is 0 Å². The fraction of sp³-hybridized carbons (Fsp3) is 0.538. The third-order valence-electron chi connectivity index (χ3n) is 2.76. The van der Waals surface area contributed by atoms with Crippen molar-refractivity contribution in [3.05, 3.63) is 24.0 Å². The average molecular weight is 296 g/mol. The molecule has 1 heterocycles. The molecular formula is C13H20N4O2S. The largest absolute Gasteiger partial charge is 0.308 e. The highest BCUT2D eigenvalue weighted by Crippen LogP contribution is 2.18. The Balaban J connectivity index is 3.13. The number of nitrogens with zero attached hydrogens (tertiary/aromatic N) is 4. The van der Waals surface area contributed by atoms with Crippen LogP contribution in [0, 0.1) is 11.3 Å². The van der Waals surface area contributed by atoms with Crippen LogP contribution in [0.15, 0.2) is 23.2 Å². The van der Waals surface area contributed by atoms with Crippen molar-refractivity contribution in [2.24, 2.45) is 0 Å². The molecule has 0 aliphatic heterocycles. The van der Waals surface area contributed by atoms with Gasteiger partial charge in [0.15, 0.2) is 5.69 Å². The molecule has 0 atom stereocenters. The molecule has 0 N–H and O–H groups in total. The third-order valence-corrected chi connectivity index (χ3v) is 4.69. The second kappa shape index (κ2) is 7.33. The van der Waals surface area contributed by atoms with Gasteiger partial charge in [-0.05, 0) is 32.6 Å². The fourth-order valence-corrected chi connectivity index (χ4v) is 3.35. The predicted molar refractivity (Wildman–Crippen MR) is 76.6 cm³/mol. The fourth-order valence-electron chi connectivity index (χ4n) is 1.73. The van der Waals surface area contributed by atoms with Crippen molar-refractivity contribution in [3.8, 4) is 6.07 Å². The quantitative estimate of drug-likeness (QED) is 0.747. The Morgan fingerprint density at radius 2 is 2.00 bits per heavy atom. The zero-order valence-corrected chi connectivity index (χ0v) is 12.9. The van der Waals surface area contributed by atoms with Crippen LogP contribution in [0.5, 0.6) is 0 Å². The molecule has 0 radical (unpaired) electrons. The highest BCUT2D eigenvalue weighted by atomic mass is 32.2. The van der Waals surface area contributed by atoms with Crippen molar-refractivity contribution in [1.82, 2.24) is 14.2 Å². The highest BCUT2D eigenvalue weighted by molar-refractivity contribution is 7.89. The smallest absolute Gasteiger partial charge is 0.246 e. The number of hydrogen-bond acceptors (Lipinski definition) is 5. The summed E-state index contributed by atoms with van der Waals surface area (Å²) < 4.78 is 26.7. The van der Waals surface area contributed by atoms with Crippen molar-refractivity contribution in [2.45, 2.75) is 18.2 Å². The van der Waals surface area contributed by atoms with Crippen LogP contribution in [0.3, 0.4) is 0 Å². The number of nitriles is 1. The maximum Gasteiger partial charge on any atom is 0.246 e. The maximum atomic E-state index is 12.6. The summed E-state index contributed by atoms with van der Waals surface area (Å²) in [6.45, 7) is 3.37. The van der Waals surface area contributed by atoms with Crippen LogP contribution >= 0.6 is 0 Å². The summed E-state index contributed by atoms with van der Waals surface area (Å²) in [7, 11) is 0.101. The van der Waals surface area contributed by atoms with E-state index in [-0.39, 0.29) is 10.6 Å². The van der Waals surface area contributed by atoms with Gasteiger partial charge in [-0.2, -0.15) is 9.57 Å². The van der Waals surface area contributed by atoms with Gasteiger partial charge in [0, 0.05) is 25.8 Å². The predicted octanol–water partition coefficient (Wildman–Crippen LogP) is 0.916. The zero-order valence-electron chi connectivity index (χ0n) is 12.1. The lowest BCUT2D eigenvalue weighted by molar-refractivity contribution is 0.333. The normalized spacial score (nSPS) is 11.8. The first-order chi connectivity index (χ1) is 9.43. The molecule has 1 rings (SSSR count). The van der Waals surface area contributed by atoms with E-state index in [0.717, 1.165) is 6.42 Å². The van der Waals surface area contributed by atoms with E-state index < -0.39 is 10.0 Å². The molecule has 0 unspecified atom stereocenters. The molecule has 1 aromatic heterocycles. The molecule has 0 aromatic carbocycles. The number of aromatic nitrogens is 1. The van der Waals surface area contributed by atoms with Gasteiger partial charge in [-0.25, -0.2) is 13.4 Å². The van der Waals surface area contributed by atoms with Gasteiger partial charge in [0.1, 0.15) is 11.0 Å². The second-order valence-corrected chi connectivity index (χ2v) is 6.58. The summed E-state index contributed by atoms with van der Waals surface area (Å²) in [4.78, 5) is 5.73. The first kappa shape index (κ1) is 16.6. The topological polar surface area (TPSA) is 77.3 Å². The van der Waals surface area contributed by atoms with Crippen molar-refractivity contribution < 1.29 is 8.42 Å². The third kappa shape index (κ3) is 4.00. The zero-order chi connectivity index (χ0) is 15.2. The van der Waals surface area contributed by atoms with E-state index in [2.05, 4.69) is 4.98 Å². The molecule has 1 aromatic rings. The van der Waals surface area contributed by atoms with Gasteiger partial charge in [-0.3, -0.25) is 0 Å². The molecule has 0 aliphatic carbocycles. The molecule has 0 fully saturated rings. The molecule has 0 spiro atoms. The molecule has 20 heavy (non-hydrogen) atoms. The van der Waals surface area contributed by atoms with Crippen molar-refractivity contribution in [1.29, 1.82) is 5.26 Å². The monoisotopic (exact) mass is 296 g/mol. The van der Waals surface area contributed by atoms with Gasteiger partial charge < -0.3 is 4.90 Å². The second-order valence-electron chi connectivity index (χ2n) is 4.67. The Labute approximate surface area is 120 Å². The van der Waals surface area contributed by atoms with Crippen LogP contribution in [0.25, 0.3) is 0 Å². The molecule has 7 heteroatoms.